The Morgan fingerprint density at radius 3 is 2.19 bits per heavy atom. The zero-order valence-electron chi connectivity index (χ0n) is 11.0. The lowest BCUT2D eigenvalue weighted by Crippen LogP contribution is -2.46. The number of likely N-dealkylation sites (N-methyl/N-ethyl adjacent to an activating group) is 2. The number of carbonyl (C=O) groups is 1. The van der Waals surface area contributed by atoms with Crippen LogP contribution in [-0.4, -0.2) is 47.7 Å². The van der Waals surface area contributed by atoms with E-state index in [0.29, 0.717) is 19.6 Å². The van der Waals surface area contributed by atoms with Crippen LogP contribution in [0.4, 0.5) is 0 Å². The van der Waals surface area contributed by atoms with Gasteiger partial charge in [0.25, 0.3) is 0 Å². The molecule has 0 unspecified atom stereocenters. The van der Waals surface area contributed by atoms with Crippen molar-refractivity contribution in [1.82, 2.24) is 10.2 Å². The van der Waals surface area contributed by atoms with Crippen LogP contribution in [0.3, 0.4) is 0 Å². The molecule has 0 fully saturated rings. The number of aliphatic hydroxyl groups is 1. The molecule has 16 heavy (non-hydrogen) atoms. The maximum Gasteiger partial charge on any atom is 0.234 e. The molecule has 0 aromatic rings. The molecule has 0 atom stereocenters. The first-order valence-electron chi connectivity index (χ1n) is 6.22. The number of hydrogen-bond donors (Lipinski definition) is 2. The van der Waals surface area contributed by atoms with E-state index < -0.39 is 5.60 Å². The lowest BCUT2D eigenvalue weighted by molar-refractivity contribution is -0.123. The van der Waals surface area contributed by atoms with Crippen LogP contribution in [0.15, 0.2) is 0 Å². The fourth-order valence-electron chi connectivity index (χ4n) is 1.63. The second-order valence-corrected chi connectivity index (χ2v) is 4.19. The zero-order chi connectivity index (χ0) is 12.6. The van der Waals surface area contributed by atoms with Crippen molar-refractivity contribution in [2.75, 3.05) is 26.2 Å². The van der Waals surface area contributed by atoms with Crippen molar-refractivity contribution in [3.8, 4) is 0 Å². The largest absolute Gasteiger partial charge is 0.389 e. The minimum Gasteiger partial charge on any atom is -0.389 e. The van der Waals surface area contributed by atoms with Crippen molar-refractivity contribution in [3.63, 3.8) is 0 Å². The van der Waals surface area contributed by atoms with E-state index in [0.717, 1.165) is 19.4 Å². The van der Waals surface area contributed by atoms with E-state index in [1.54, 1.807) is 0 Å². The summed E-state index contributed by atoms with van der Waals surface area (Å²) in [5.41, 5.74) is -0.664. The first-order chi connectivity index (χ1) is 7.51. The molecule has 96 valence electrons. The van der Waals surface area contributed by atoms with Crippen LogP contribution in [0.2, 0.25) is 0 Å². The molecule has 0 spiro atoms. The first-order valence-corrected chi connectivity index (χ1v) is 6.22. The quantitative estimate of drug-likeness (QED) is 0.654. The van der Waals surface area contributed by atoms with Crippen LogP contribution in [0, 0.1) is 0 Å². The molecule has 4 nitrogen and oxygen atoms in total. The number of carbonyl (C=O) groups excluding carboxylic acids is 1. The molecule has 0 saturated heterocycles. The van der Waals surface area contributed by atoms with E-state index in [4.69, 9.17) is 0 Å². The molecular weight excluding hydrogens is 204 g/mol. The average Bonchev–Trinajstić information content (AvgIpc) is 2.28. The van der Waals surface area contributed by atoms with Crippen LogP contribution in [0.5, 0.6) is 0 Å². The van der Waals surface area contributed by atoms with Crippen molar-refractivity contribution in [3.05, 3.63) is 0 Å². The number of nitrogens with one attached hydrogen (secondary N) is 1. The second kappa shape index (κ2) is 7.63. The Hall–Kier alpha value is -0.610. The fourth-order valence-corrected chi connectivity index (χ4v) is 1.63. The topological polar surface area (TPSA) is 52.6 Å². The van der Waals surface area contributed by atoms with Gasteiger partial charge in [0.05, 0.1) is 12.1 Å². The molecule has 0 rings (SSSR count). The summed E-state index contributed by atoms with van der Waals surface area (Å²) in [6, 6.07) is 0. The van der Waals surface area contributed by atoms with Gasteiger partial charge in [-0.3, -0.25) is 9.69 Å². The van der Waals surface area contributed by atoms with Crippen molar-refractivity contribution in [2.45, 2.75) is 46.1 Å². The maximum absolute atomic E-state index is 11.4. The summed E-state index contributed by atoms with van der Waals surface area (Å²) in [5, 5.41) is 13.0. The predicted molar refractivity (Wildman–Crippen MR) is 66.3 cm³/mol. The lowest BCUT2D eigenvalue weighted by Gasteiger charge is -2.31. The van der Waals surface area contributed by atoms with Crippen LogP contribution in [0.1, 0.15) is 40.5 Å². The van der Waals surface area contributed by atoms with Gasteiger partial charge in [-0.05, 0) is 26.3 Å². The van der Waals surface area contributed by atoms with Gasteiger partial charge in [0.1, 0.15) is 0 Å². The third-order valence-corrected chi connectivity index (χ3v) is 3.02. The van der Waals surface area contributed by atoms with Crippen LogP contribution in [-0.2, 0) is 4.79 Å². The van der Waals surface area contributed by atoms with Gasteiger partial charge in [-0.15, -0.1) is 0 Å². The van der Waals surface area contributed by atoms with Gasteiger partial charge in [-0.25, -0.2) is 0 Å². The lowest BCUT2D eigenvalue weighted by atomic mass is 9.97. The Kier molecular flexibility index (Phi) is 7.34. The van der Waals surface area contributed by atoms with Crippen LogP contribution in [0.25, 0.3) is 0 Å². The fraction of sp³-hybridized carbons (Fsp3) is 0.917. The van der Waals surface area contributed by atoms with Crippen molar-refractivity contribution < 1.29 is 9.90 Å². The van der Waals surface area contributed by atoms with E-state index in [-0.39, 0.29) is 5.91 Å². The molecule has 0 aromatic heterocycles. The number of nitrogens with zero attached hydrogens (tertiary/aromatic N) is 1. The third kappa shape index (κ3) is 5.47. The predicted octanol–water partition coefficient (Wildman–Crippen LogP) is 0.995. The Labute approximate surface area is 99.0 Å². The highest BCUT2D eigenvalue weighted by Gasteiger charge is 2.25. The molecule has 0 aliphatic heterocycles. The van der Waals surface area contributed by atoms with Gasteiger partial charge in [-0.1, -0.05) is 20.8 Å². The van der Waals surface area contributed by atoms with E-state index in [1.165, 1.54) is 0 Å². The minimum atomic E-state index is -0.664. The maximum atomic E-state index is 11.4. The van der Waals surface area contributed by atoms with Gasteiger partial charge >= 0.3 is 0 Å². The summed E-state index contributed by atoms with van der Waals surface area (Å²) in [4.78, 5) is 13.4. The Bertz CT molecular complexity index is 203. The van der Waals surface area contributed by atoms with Gasteiger partial charge in [0.2, 0.25) is 5.91 Å². The van der Waals surface area contributed by atoms with E-state index in [1.807, 2.05) is 32.6 Å². The van der Waals surface area contributed by atoms with E-state index >= 15 is 0 Å². The molecule has 0 aliphatic rings. The average molecular weight is 230 g/mol. The summed E-state index contributed by atoms with van der Waals surface area (Å²) in [6.07, 6.45) is 1.44. The molecule has 0 aliphatic carbocycles. The number of hydrogen-bond acceptors (Lipinski definition) is 3. The molecule has 1 amide bonds. The van der Waals surface area contributed by atoms with Crippen molar-refractivity contribution in [2.24, 2.45) is 0 Å². The Balaban J connectivity index is 4.23. The standard InChI is InChI=1S/C12H26N2O2/c1-5-12(16,6-2)10-14(8-4)9-11(15)13-7-3/h16H,5-10H2,1-4H3,(H,13,15). The molecule has 0 radical (unpaired) electrons. The summed E-state index contributed by atoms with van der Waals surface area (Å²) in [5.74, 6) is 0.0268. The summed E-state index contributed by atoms with van der Waals surface area (Å²) in [6.45, 7) is 10.2. The monoisotopic (exact) mass is 230 g/mol. The van der Waals surface area contributed by atoms with Gasteiger partial charge in [0.15, 0.2) is 0 Å². The van der Waals surface area contributed by atoms with Gasteiger partial charge < -0.3 is 10.4 Å². The Morgan fingerprint density at radius 2 is 1.81 bits per heavy atom. The van der Waals surface area contributed by atoms with Crippen molar-refractivity contribution >= 4 is 5.91 Å². The highest BCUT2D eigenvalue weighted by Crippen LogP contribution is 2.16. The van der Waals surface area contributed by atoms with Crippen molar-refractivity contribution in [1.29, 1.82) is 0 Å². The van der Waals surface area contributed by atoms with E-state index in [9.17, 15) is 9.90 Å². The van der Waals surface area contributed by atoms with Gasteiger partial charge in [-0.2, -0.15) is 0 Å². The highest BCUT2D eigenvalue weighted by molar-refractivity contribution is 5.77. The normalized spacial score (nSPS) is 11.9. The number of amides is 1. The van der Waals surface area contributed by atoms with Gasteiger partial charge in [0, 0.05) is 13.1 Å². The minimum absolute atomic E-state index is 0.0268. The number of rotatable bonds is 8. The third-order valence-electron chi connectivity index (χ3n) is 3.02. The molecule has 0 heterocycles. The molecule has 0 saturated carbocycles. The highest BCUT2D eigenvalue weighted by atomic mass is 16.3. The molecule has 2 N–H and O–H groups in total. The summed E-state index contributed by atoms with van der Waals surface area (Å²) < 4.78 is 0. The smallest absolute Gasteiger partial charge is 0.234 e. The van der Waals surface area contributed by atoms with E-state index in [2.05, 4.69) is 5.32 Å². The zero-order valence-corrected chi connectivity index (χ0v) is 11.0. The molecular formula is C12H26N2O2. The SMILES string of the molecule is CCNC(=O)CN(CC)CC(O)(CC)CC. The molecule has 0 bridgehead atoms. The second-order valence-electron chi connectivity index (χ2n) is 4.19. The molecule has 4 heteroatoms. The molecule has 0 aromatic carbocycles. The summed E-state index contributed by atoms with van der Waals surface area (Å²) >= 11 is 0. The van der Waals surface area contributed by atoms with Crippen LogP contribution >= 0.6 is 0 Å². The Morgan fingerprint density at radius 1 is 1.25 bits per heavy atom. The first kappa shape index (κ1) is 15.4. The summed E-state index contributed by atoms with van der Waals surface area (Å²) in [7, 11) is 0. The van der Waals surface area contributed by atoms with Crippen LogP contribution < -0.4 is 5.32 Å².